The van der Waals surface area contributed by atoms with Crippen molar-refractivity contribution in [2.45, 2.75) is 0 Å². The Labute approximate surface area is 197 Å². The van der Waals surface area contributed by atoms with Gasteiger partial charge in [0.2, 0.25) is 5.95 Å². The van der Waals surface area contributed by atoms with Crippen LogP contribution in [-0.4, -0.2) is 26.2 Å². The lowest BCUT2D eigenvalue weighted by atomic mass is 10.0. The van der Waals surface area contributed by atoms with E-state index in [0.29, 0.717) is 16.7 Å². The van der Waals surface area contributed by atoms with Gasteiger partial charge in [-0.2, -0.15) is 10.1 Å². The Balaban J connectivity index is 1.65. The smallest absolute Gasteiger partial charge is 0.262 e. The van der Waals surface area contributed by atoms with Crippen molar-refractivity contribution >= 4 is 39.1 Å². The lowest BCUT2D eigenvalue weighted by molar-refractivity contribution is 1.10. The maximum atomic E-state index is 13.1. The van der Waals surface area contributed by atoms with Crippen LogP contribution < -0.4 is 11.0 Å². The first-order valence-corrected chi connectivity index (χ1v) is 10.9. The number of aromatic nitrogens is 4. The van der Waals surface area contributed by atoms with Gasteiger partial charge in [0.15, 0.2) is 5.65 Å². The van der Waals surface area contributed by atoms with E-state index in [0.717, 1.165) is 26.7 Å². The molecule has 0 aliphatic carbocycles. The Hall–Kier alpha value is -4.17. The number of pyridine rings is 2. The summed E-state index contributed by atoms with van der Waals surface area (Å²) in [5.74, 6) is 0.202. The predicted molar refractivity (Wildman–Crippen MR) is 134 cm³/mol. The SMILES string of the molecule is O=c1[nH]c(NN=Cc2ccccc2)nc2nc(-c3cccnc3)cc(-c3ccccc3Br)c12. The zero-order valence-electron chi connectivity index (χ0n) is 17.2. The van der Waals surface area contributed by atoms with Crippen molar-refractivity contribution in [2.75, 3.05) is 5.43 Å². The number of hydrogen-bond acceptors (Lipinski definition) is 6. The number of hydrogen-bond donors (Lipinski definition) is 2. The molecule has 2 aromatic carbocycles. The van der Waals surface area contributed by atoms with Crippen LogP contribution in [0.5, 0.6) is 0 Å². The van der Waals surface area contributed by atoms with E-state index in [1.54, 1.807) is 18.6 Å². The van der Waals surface area contributed by atoms with Crippen molar-refractivity contribution in [1.29, 1.82) is 0 Å². The monoisotopic (exact) mass is 496 g/mol. The van der Waals surface area contributed by atoms with Gasteiger partial charge < -0.3 is 0 Å². The number of aromatic amines is 1. The Morgan fingerprint density at radius 2 is 1.76 bits per heavy atom. The third-order valence-corrected chi connectivity index (χ3v) is 5.67. The molecule has 33 heavy (non-hydrogen) atoms. The fourth-order valence-corrected chi connectivity index (χ4v) is 3.95. The van der Waals surface area contributed by atoms with E-state index in [2.05, 4.69) is 46.4 Å². The molecule has 0 fully saturated rings. The number of nitrogens with zero attached hydrogens (tertiary/aromatic N) is 4. The van der Waals surface area contributed by atoms with Gasteiger partial charge in [0.05, 0.1) is 17.3 Å². The molecule has 0 aliphatic heterocycles. The molecular weight excluding hydrogens is 480 g/mol. The van der Waals surface area contributed by atoms with Gasteiger partial charge in [-0.15, -0.1) is 0 Å². The van der Waals surface area contributed by atoms with Gasteiger partial charge in [-0.25, -0.2) is 10.4 Å². The van der Waals surface area contributed by atoms with E-state index in [9.17, 15) is 4.79 Å². The third kappa shape index (κ3) is 4.42. The van der Waals surface area contributed by atoms with Gasteiger partial charge in [-0.1, -0.05) is 64.5 Å². The van der Waals surface area contributed by atoms with Crippen molar-refractivity contribution in [3.05, 3.63) is 106 Å². The molecule has 0 saturated carbocycles. The predicted octanol–water partition coefficient (Wildman–Crippen LogP) is 5.26. The molecular formula is C25H17BrN6O. The summed E-state index contributed by atoms with van der Waals surface area (Å²) in [4.78, 5) is 29.3. The Kier molecular flexibility index (Phi) is 5.73. The molecule has 160 valence electrons. The number of halogens is 1. The molecule has 0 bridgehead atoms. The zero-order chi connectivity index (χ0) is 22.6. The number of benzene rings is 2. The molecule has 0 radical (unpaired) electrons. The van der Waals surface area contributed by atoms with Gasteiger partial charge in [-0.3, -0.25) is 14.8 Å². The van der Waals surface area contributed by atoms with E-state index in [1.807, 2.05) is 72.8 Å². The molecule has 0 amide bonds. The second kappa shape index (κ2) is 9.13. The lowest BCUT2D eigenvalue weighted by Gasteiger charge is -2.11. The van der Waals surface area contributed by atoms with Crippen molar-refractivity contribution in [3.63, 3.8) is 0 Å². The summed E-state index contributed by atoms with van der Waals surface area (Å²) >= 11 is 3.60. The maximum absolute atomic E-state index is 13.1. The van der Waals surface area contributed by atoms with E-state index >= 15 is 0 Å². The van der Waals surface area contributed by atoms with Crippen LogP contribution in [0.15, 0.2) is 99.6 Å². The summed E-state index contributed by atoms with van der Waals surface area (Å²) in [6, 6.07) is 23.0. The van der Waals surface area contributed by atoms with Crippen molar-refractivity contribution in [1.82, 2.24) is 19.9 Å². The van der Waals surface area contributed by atoms with Gasteiger partial charge in [0.1, 0.15) is 0 Å². The second-order valence-corrected chi connectivity index (χ2v) is 8.02. The molecule has 3 aromatic heterocycles. The molecule has 8 heteroatoms. The lowest BCUT2D eigenvalue weighted by Crippen LogP contribution is -2.13. The summed E-state index contributed by atoms with van der Waals surface area (Å²) in [5, 5.41) is 4.58. The van der Waals surface area contributed by atoms with Crippen LogP contribution in [0, 0.1) is 0 Å². The summed E-state index contributed by atoms with van der Waals surface area (Å²) in [6.07, 6.45) is 5.08. The van der Waals surface area contributed by atoms with Crippen LogP contribution in [0.4, 0.5) is 5.95 Å². The molecule has 3 heterocycles. The Morgan fingerprint density at radius 1 is 0.939 bits per heavy atom. The van der Waals surface area contributed by atoms with Crippen LogP contribution >= 0.6 is 15.9 Å². The fraction of sp³-hybridized carbons (Fsp3) is 0. The first-order chi connectivity index (χ1) is 16.2. The molecule has 2 N–H and O–H groups in total. The van der Waals surface area contributed by atoms with E-state index < -0.39 is 0 Å². The van der Waals surface area contributed by atoms with E-state index in [4.69, 9.17) is 0 Å². The maximum Gasteiger partial charge on any atom is 0.262 e. The number of anilines is 1. The molecule has 5 rings (SSSR count). The van der Waals surface area contributed by atoms with Gasteiger partial charge >= 0.3 is 0 Å². The first kappa shape index (κ1) is 20.7. The molecule has 5 aromatic rings. The minimum atomic E-state index is -0.312. The number of hydrazone groups is 1. The highest BCUT2D eigenvalue weighted by atomic mass is 79.9. The van der Waals surface area contributed by atoms with Gasteiger partial charge in [-0.05, 0) is 35.4 Å². The van der Waals surface area contributed by atoms with E-state index in [-0.39, 0.29) is 11.5 Å². The number of fused-ring (bicyclic) bond motifs is 1. The van der Waals surface area contributed by atoms with Crippen molar-refractivity contribution in [3.8, 4) is 22.4 Å². The van der Waals surface area contributed by atoms with Gasteiger partial charge in [0.25, 0.3) is 5.56 Å². The molecule has 0 saturated heterocycles. The molecule has 7 nitrogen and oxygen atoms in total. The summed E-state index contributed by atoms with van der Waals surface area (Å²) in [7, 11) is 0. The summed E-state index contributed by atoms with van der Waals surface area (Å²) in [5.41, 5.74) is 6.79. The Morgan fingerprint density at radius 3 is 2.55 bits per heavy atom. The fourth-order valence-electron chi connectivity index (χ4n) is 3.45. The largest absolute Gasteiger partial charge is 0.291 e. The van der Waals surface area contributed by atoms with Crippen LogP contribution in [0.25, 0.3) is 33.4 Å². The van der Waals surface area contributed by atoms with Crippen LogP contribution in [0.1, 0.15) is 5.56 Å². The number of rotatable bonds is 5. The highest BCUT2D eigenvalue weighted by Gasteiger charge is 2.16. The molecule has 0 atom stereocenters. The first-order valence-electron chi connectivity index (χ1n) is 10.1. The molecule has 0 unspecified atom stereocenters. The van der Waals surface area contributed by atoms with Crippen molar-refractivity contribution in [2.24, 2.45) is 5.10 Å². The summed E-state index contributed by atoms with van der Waals surface area (Å²) in [6.45, 7) is 0. The quantitative estimate of drug-likeness (QED) is 0.255. The minimum absolute atomic E-state index is 0.202. The number of H-pyrrole nitrogens is 1. The zero-order valence-corrected chi connectivity index (χ0v) is 18.8. The second-order valence-electron chi connectivity index (χ2n) is 7.17. The minimum Gasteiger partial charge on any atom is -0.291 e. The normalized spacial score (nSPS) is 11.2. The highest BCUT2D eigenvalue weighted by Crippen LogP contribution is 2.34. The average Bonchev–Trinajstić information content (AvgIpc) is 2.85. The Bertz CT molecular complexity index is 1520. The number of nitrogens with one attached hydrogen (secondary N) is 2. The molecule has 0 aliphatic rings. The standard InChI is InChI=1S/C25H17BrN6O/c26-20-11-5-4-10-18(20)19-13-21(17-9-6-12-27-15-17)29-23-22(19)24(33)31-25(30-23)32-28-14-16-7-2-1-3-8-16/h1-15H,(H2,29,30,31,32,33). The highest BCUT2D eigenvalue weighted by molar-refractivity contribution is 9.10. The topological polar surface area (TPSA) is 95.9 Å². The van der Waals surface area contributed by atoms with Crippen molar-refractivity contribution < 1.29 is 0 Å². The average molecular weight is 497 g/mol. The molecule has 0 spiro atoms. The summed E-state index contributed by atoms with van der Waals surface area (Å²) < 4.78 is 0.865. The van der Waals surface area contributed by atoms with Gasteiger partial charge in [0, 0.05) is 28.0 Å². The van der Waals surface area contributed by atoms with Crippen LogP contribution in [-0.2, 0) is 0 Å². The van der Waals surface area contributed by atoms with E-state index in [1.165, 1.54) is 0 Å². The van der Waals surface area contributed by atoms with Crippen LogP contribution in [0.3, 0.4) is 0 Å². The third-order valence-electron chi connectivity index (χ3n) is 4.98. The van der Waals surface area contributed by atoms with Crippen LogP contribution in [0.2, 0.25) is 0 Å².